The van der Waals surface area contributed by atoms with E-state index in [4.69, 9.17) is 5.73 Å². The van der Waals surface area contributed by atoms with E-state index in [1.807, 2.05) is 31.2 Å². The number of hydrogen-bond donors (Lipinski definition) is 2. The summed E-state index contributed by atoms with van der Waals surface area (Å²) in [4.78, 5) is 12.9. The molecule has 2 rings (SSSR count). The van der Waals surface area contributed by atoms with E-state index in [2.05, 4.69) is 19.2 Å². The first kappa shape index (κ1) is 13.9. The van der Waals surface area contributed by atoms with Crippen molar-refractivity contribution in [3.05, 3.63) is 29.1 Å². The standard InChI is InChI=1S/C15H20N2OS/c1-9(2)6-10(3)17-15(18)14-8-11-7-12(16)4-5-13(11)19-14/h4-5,7-10H,6,16H2,1-3H3,(H,17,18). The summed E-state index contributed by atoms with van der Waals surface area (Å²) in [6, 6.07) is 7.84. The summed E-state index contributed by atoms with van der Waals surface area (Å²) in [5, 5.41) is 4.08. The van der Waals surface area contributed by atoms with Gasteiger partial charge in [-0.15, -0.1) is 11.3 Å². The van der Waals surface area contributed by atoms with Gasteiger partial charge in [0.1, 0.15) is 0 Å². The molecule has 0 bridgehead atoms. The highest BCUT2D eigenvalue weighted by molar-refractivity contribution is 7.20. The van der Waals surface area contributed by atoms with E-state index < -0.39 is 0 Å². The number of benzene rings is 1. The Balaban J connectivity index is 2.13. The zero-order chi connectivity index (χ0) is 14.0. The maximum absolute atomic E-state index is 12.2. The first-order chi connectivity index (χ1) is 8.95. The number of nitrogens with one attached hydrogen (secondary N) is 1. The molecule has 0 saturated heterocycles. The fourth-order valence-electron chi connectivity index (χ4n) is 2.23. The normalized spacial score (nSPS) is 12.8. The Bertz CT molecular complexity index is 589. The average Bonchev–Trinajstić information content (AvgIpc) is 2.70. The molecule has 0 aliphatic carbocycles. The molecule has 0 spiro atoms. The van der Waals surface area contributed by atoms with E-state index >= 15 is 0 Å². The van der Waals surface area contributed by atoms with Gasteiger partial charge in [-0.2, -0.15) is 0 Å². The summed E-state index contributed by atoms with van der Waals surface area (Å²) in [5.41, 5.74) is 6.48. The van der Waals surface area contributed by atoms with Crippen molar-refractivity contribution in [3.8, 4) is 0 Å². The number of hydrogen-bond acceptors (Lipinski definition) is 3. The Morgan fingerprint density at radius 1 is 1.32 bits per heavy atom. The minimum atomic E-state index is 0.00733. The molecule has 19 heavy (non-hydrogen) atoms. The zero-order valence-corrected chi connectivity index (χ0v) is 12.4. The number of anilines is 1. The SMILES string of the molecule is CC(C)CC(C)NC(=O)c1cc2cc(N)ccc2s1. The van der Waals surface area contributed by atoms with Gasteiger partial charge in [-0.3, -0.25) is 4.79 Å². The van der Waals surface area contributed by atoms with Crippen LogP contribution >= 0.6 is 11.3 Å². The quantitative estimate of drug-likeness (QED) is 0.837. The van der Waals surface area contributed by atoms with Crippen LogP contribution in [0.3, 0.4) is 0 Å². The Morgan fingerprint density at radius 2 is 2.05 bits per heavy atom. The van der Waals surface area contributed by atoms with E-state index in [1.165, 1.54) is 11.3 Å². The number of fused-ring (bicyclic) bond motifs is 1. The summed E-state index contributed by atoms with van der Waals surface area (Å²) >= 11 is 1.51. The van der Waals surface area contributed by atoms with Crippen molar-refractivity contribution >= 4 is 33.0 Å². The van der Waals surface area contributed by atoms with Gasteiger partial charge < -0.3 is 11.1 Å². The second-order valence-corrected chi connectivity index (χ2v) is 6.50. The maximum Gasteiger partial charge on any atom is 0.261 e. The van der Waals surface area contributed by atoms with Gasteiger partial charge >= 0.3 is 0 Å². The Hall–Kier alpha value is -1.55. The summed E-state index contributed by atoms with van der Waals surface area (Å²) in [6.45, 7) is 6.36. The lowest BCUT2D eigenvalue weighted by Crippen LogP contribution is -2.32. The highest BCUT2D eigenvalue weighted by Crippen LogP contribution is 2.27. The van der Waals surface area contributed by atoms with Gasteiger partial charge in [0, 0.05) is 16.4 Å². The second-order valence-electron chi connectivity index (χ2n) is 5.41. The van der Waals surface area contributed by atoms with Gasteiger partial charge in [-0.1, -0.05) is 13.8 Å². The summed E-state index contributed by atoms with van der Waals surface area (Å²) < 4.78 is 1.09. The summed E-state index contributed by atoms with van der Waals surface area (Å²) in [6.07, 6.45) is 0.990. The molecule has 1 heterocycles. The second kappa shape index (κ2) is 5.61. The molecule has 0 saturated carbocycles. The van der Waals surface area contributed by atoms with Gasteiger partial charge in [-0.25, -0.2) is 0 Å². The number of carbonyl (C=O) groups is 1. The lowest BCUT2D eigenvalue weighted by molar-refractivity contribution is 0.0940. The van der Waals surface area contributed by atoms with Crippen molar-refractivity contribution in [1.29, 1.82) is 0 Å². The van der Waals surface area contributed by atoms with Crippen molar-refractivity contribution in [2.45, 2.75) is 33.2 Å². The summed E-state index contributed by atoms with van der Waals surface area (Å²) in [5.74, 6) is 0.588. The number of nitrogens with two attached hydrogens (primary N) is 1. The monoisotopic (exact) mass is 276 g/mol. The molecule has 3 N–H and O–H groups in total. The lowest BCUT2D eigenvalue weighted by Gasteiger charge is -2.15. The molecular formula is C15H20N2OS. The highest BCUT2D eigenvalue weighted by atomic mass is 32.1. The van der Waals surface area contributed by atoms with Crippen molar-refractivity contribution in [2.24, 2.45) is 5.92 Å². The van der Waals surface area contributed by atoms with Crippen LogP contribution in [-0.2, 0) is 0 Å². The van der Waals surface area contributed by atoms with Crippen LogP contribution in [0.4, 0.5) is 5.69 Å². The van der Waals surface area contributed by atoms with Gasteiger partial charge in [0.2, 0.25) is 0 Å². The molecule has 0 fully saturated rings. The number of nitrogen functional groups attached to an aromatic ring is 1. The minimum Gasteiger partial charge on any atom is -0.399 e. The lowest BCUT2D eigenvalue weighted by atomic mass is 10.1. The van der Waals surface area contributed by atoms with Crippen molar-refractivity contribution in [3.63, 3.8) is 0 Å². The van der Waals surface area contributed by atoms with Gasteiger partial charge in [0.25, 0.3) is 5.91 Å². The number of amides is 1. The van der Waals surface area contributed by atoms with Crippen LogP contribution in [-0.4, -0.2) is 11.9 Å². The van der Waals surface area contributed by atoms with Crippen LogP contribution in [0.15, 0.2) is 24.3 Å². The van der Waals surface area contributed by atoms with E-state index in [-0.39, 0.29) is 11.9 Å². The topological polar surface area (TPSA) is 55.1 Å². The van der Waals surface area contributed by atoms with E-state index in [0.717, 1.165) is 27.1 Å². The molecule has 2 aromatic rings. The molecule has 1 atom stereocenters. The first-order valence-corrected chi connectivity index (χ1v) is 7.37. The fraction of sp³-hybridized carbons (Fsp3) is 0.400. The predicted octanol–water partition coefficient (Wildman–Crippen LogP) is 3.65. The number of carbonyl (C=O) groups excluding carboxylic acids is 1. The Morgan fingerprint density at radius 3 is 2.74 bits per heavy atom. The molecule has 0 aliphatic rings. The van der Waals surface area contributed by atoms with Gasteiger partial charge in [0.15, 0.2) is 0 Å². The third-order valence-corrected chi connectivity index (χ3v) is 4.08. The Labute approximate surface area is 117 Å². The fourth-order valence-corrected chi connectivity index (χ4v) is 3.18. The van der Waals surface area contributed by atoms with Gasteiger partial charge in [0.05, 0.1) is 4.88 Å². The average molecular weight is 276 g/mol. The van der Waals surface area contributed by atoms with Crippen LogP contribution in [0, 0.1) is 5.92 Å². The molecule has 102 valence electrons. The minimum absolute atomic E-state index is 0.00733. The molecular weight excluding hydrogens is 256 g/mol. The smallest absolute Gasteiger partial charge is 0.261 e. The molecule has 0 radical (unpaired) electrons. The molecule has 0 aliphatic heterocycles. The molecule has 4 heteroatoms. The van der Waals surface area contributed by atoms with E-state index in [1.54, 1.807) is 0 Å². The van der Waals surface area contributed by atoms with Crippen LogP contribution in [0.25, 0.3) is 10.1 Å². The largest absolute Gasteiger partial charge is 0.399 e. The predicted molar refractivity (Wildman–Crippen MR) is 82.6 cm³/mol. The zero-order valence-electron chi connectivity index (χ0n) is 11.6. The van der Waals surface area contributed by atoms with Crippen LogP contribution in [0.1, 0.15) is 36.9 Å². The first-order valence-electron chi connectivity index (χ1n) is 6.55. The molecule has 1 unspecified atom stereocenters. The van der Waals surface area contributed by atoms with Crippen LogP contribution < -0.4 is 11.1 Å². The van der Waals surface area contributed by atoms with E-state index in [0.29, 0.717) is 5.92 Å². The number of rotatable bonds is 4. The van der Waals surface area contributed by atoms with Crippen LogP contribution in [0.5, 0.6) is 0 Å². The van der Waals surface area contributed by atoms with Gasteiger partial charge in [-0.05, 0) is 48.9 Å². The highest BCUT2D eigenvalue weighted by Gasteiger charge is 2.13. The molecule has 1 amide bonds. The van der Waals surface area contributed by atoms with Crippen molar-refractivity contribution in [2.75, 3.05) is 5.73 Å². The van der Waals surface area contributed by atoms with Crippen molar-refractivity contribution in [1.82, 2.24) is 5.32 Å². The third kappa shape index (κ3) is 3.47. The Kier molecular flexibility index (Phi) is 4.10. The molecule has 1 aromatic carbocycles. The maximum atomic E-state index is 12.2. The summed E-state index contributed by atoms with van der Waals surface area (Å²) in [7, 11) is 0. The van der Waals surface area contributed by atoms with E-state index in [9.17, 15) is 4.79 Å². The molecule has 1 aromatic heterocycles. The van der Waals surface area contributed by atoms with Crippen molar-refractivity contribution < 1.29 is 4.79 Å². The van der Waals surface area contributed by atoms with Crippen LogP contribution in [0.2, 0.25) is 0 Å². The third-order valence-electron chi connectivity index (χ3n) is 2.97. The number of thiophene rings is 1. The molecule has 3 nitrogen and oxygen atoms in total.